The van der Waals surface area contributed by atoms with Crippen LogP contribution in [-0.2, 0) is 10.2 Å². The van der Waals surface area contributed by atoms with Crippen molar-refractivity contribution in [1.82, 2.24) is 13.9 Å². The summed E-state index contributed by atoms with van der Waals surface area (Å²) in [6.45, 7) is 7.23. The molecule has 1 rings (SSSR count). The molecule has 1 atom stereocenters. The van der Waals surface area contributed by atoms with E-state index in [0.29, 0.717) is 31.5 Å². The molecule has 5 nitrogen and oxygen atoms in total. The molecule has 1 N–H and O–H groups in total. The predicted octanol–water partition coefficient (Wildman–Crippen LogP) is 1.53. The molecule has 0 aromatic rings. The average Bonchev–Trinajstić information content (AvgIpc) is 2.64. The molecule has 1 fully saturated rings. The lowest BCUT2D eigenvalue weighted by Gasteiger charge is -2.26. The Morgan fingerprint density at radius 2 is 2.00 bits per heavy atom. The van der Waals surface area contributed by atoms with Gasteiger partial charge in [-0.1, -0.05) is 13.8 Å². The van der Waals surface area contributed by atoms with Crippen LogP contribution in [-0.4, -0.2) is 57.3 Å². The van der Waals surface area contributed by atoms with Gasteiger partial charge in [-0.2, -0.15) is 17.0 Å². The van der Waals surface area contributed by atoms with Crippen molar-refractivity contribution in [3.8, 4) is 0 Å². The van der Waals surface area contributed by atoms with Crippen LogP contribution < -0.4 is 5.32 Å². The number of nitrogens with zero attached hydrogens (tertiary/aromatic N) is 2. The summed E-state index contributed by atoms with van der Waals surface area (Å²) in [7, 11) is 0.299. The van der Waals surface area contributed by atoms with E-state index in [-0.39, 0.29) is 0 Å². The summed E-state index contributed by atoms with van der Waals surface area (Å²) in [5.74, 6) is 1.30. The minimum absolute atomic E-state index is 0.577. The summed E-state index contributed by atoms with van der Waals surface area (Å²) < 4.78 is 28.3. The van der Waals surface area contributed by atoms with Gasteiger partial charge in [-0.05, 0) is 51.1 Å². The van der Waals surface area contributed by atoms with Crippen LogP contribution >= 0.6 is 0 Å². The van der Waals surface area contributed by atoms with Gasteiger partial charge < -0.3 is 5.32 Å². The topological polar surface area (TPSA) is 52.7 Å². The van der Waals surface area contributed by atoms with Crippen molar-refractivity contribution in [3.05, 3.63) is 0 Å². The van der Waals surface area contributed by atoms with Crippen LogP contribution in [0, 0.1) is 11.8 Å². The minimum atomic E-state index is -3.28. The van der Waals surface area contributed by atoms with E-state index in [9.17, 15) is 8.42 Å². The second-order valence-electron chi connectivity index (χ2n) is 6.12. The van der Waals surface area contributed by atoms with Gasteiger partial charge in [0.1, 0.15) is 0 Å². The van der Waals surface area contributed by atoms with Gasteiger partial charge in [-0.3, -0.25) is 0 Å². The standard InChI is InChI=1S/C14H31N3O2S/c1-13(2)14-7-5-11-17(12-8-14)20(18,19)16(4)10-6-9-15-3/h13-15H,5-12H2,1-4H3. The second kappa shape index (κ2) is 8.32. The zero-order valence-electron chi connectivity index (χ0n) is 13.4. The van der Waals surface area contributed by atoms with E-state index < -0.39 is 10.2 Å². The highest BCUT2D eigenvalue weighted by Gasteiger charge is 2.29. The van der Waals surface area contributed by atoms with Crippen LogP contribution in [0.3, 0.4) is 0 Å². The van der Waals surface area contributed by atoms with Crippen LogP contribution in [0.15, 0.2) is 0 Å². The van der Waals surface area contributed by atoms with Gasteiger partial charge in [0.25, 0.3) is 10.2 Å². The molecule has 20 heavy (non-hydrogen) atoms. The summed E-state index contributed by atoms with van der Waals surface area (Å²) in [5, 5.41) is 3.05. The van der Waals surface area contributed by atoms with Gasteiger partial charge in [0.2, 0.25) is 0 Å². The summed E-state index contributed by atoms with van der Waals surface area (Å²) in [6, 6.07) is 0. The third kappa shape index (κ3) is 4.98. The first-order valence-electron chi connectivity index (χ1n) is 7.75. The fraction of sp³-hybridized carbons (Fsp3) is 1.00. The summed E-state index contributed by atoms with van der Waals surface area (Å²) in [4.78, 5) is 0. The Kier molecular flexibility index (Phi) is 7.43. The van der Waals surface area contributed by atoms with Gasteiger partial charge in [0, 0.05) is 26.7 Å². The summed E-state index contributed by atoms with van der Waals surface area (Å²) >= 11 is 0. The fourth-order valence-electron chi connectivity index (χ4n) is 2.78. The molecule has 1 saturated heterocycles. The molecule has 0 spiro atoms. The third-order valence-electron chi connectivity index (χ3n) is 4.29. The normalized spacial score (nSPS) is 22.4. The lowest BCUT2D eigenvalue weighted by atomic mass is 9.89. The molecule has 1 heterocycles. The maximum atomic E-state index is 12.5. The van der Waals surface area contributed by atoms with Crippen molar-refractivity contribution in [1.29, 1.82) is 0 Å². The van der Waals surface area contributed by atoms with E-state index in [1.807, 2.05) is 7.05 Å². The monoisotopic (exact) mass is 305 g/mol. The summed E-state index contributed by atoms with van der Waals surface area (Å²) in [5.41, 5.74) is 0. The number of hydrogen-bond acceptors (Lipinski definition) is 3. The van der Waals surface area contributed by atoms with Crippen LogP contribution in [0.2, 0.25) is 0 Å². The van der Waals surface area contributed by atoms with Crippen molar-refractivity contribution < 1.29 is 8.42 Å². The Hall–Kier alpha value is -0.170. The third-order valence-corrected chi connectivity index (χ3v) is 6.28. The van der Waals surface area contributed by atoms with Crippen molar-refractivity contribution in [3.63, 3.8) is 0 Å². The second-order valence-corrected chi connectivity index (χ2v) is 8.16. The van der Waals surface area contributed by atoms with E-state index >= 15 is 0 Å². The van der Waals surface area contributed by atoms with Crippen LogP contribution in [0.4, 0.5) is 0 Å². The lowest BCUT2D eigenvalue weighted by molar-refractivity contribution is 0.331. The molecule has 0 radical (unpaired) electrons. The quantitative estimate of drug-likeness (QED) is 0.726. The van der Waals surface area contributed by atoms with Crippen LogP contribution in [0.25, 0.3) is 0 Å². The van der Waals surface area contributed by atoms with Gasteiger partial charge in [-0.15, -0.1) is 0 Å². The molecule has 0 aromatic heterocycles. The molecule has 0 aromatic carbocycles. The largest absolute Gasteiger partial charge is 0.320 e. The molecule has 0 bridgehead atoms. The van der Waals surface area contributed by atoms with Crippen molar-refractivity contribution in [2.45, 2.75) is 39.5 Å². The molecule has 120 valence electrons. The first-order chi connectivity index (χ1) is 9.39. The molecular formula is C14H31N3O2S. The zero-order valence-corrected chi connectivity index (χ0v) is 14.2. The Balaban J connectivity index is 2.58. The molecule has 6 heteroatoms. The smallest absolute Gasteiger partial charge is 0.281 e. The highest BCUT2D eigenvalue weighted by Crippen LogP contribution is 2.26. The van der Waals surface area contributed by atoms with Crippen LogP contribution in [0.5, 0.6) is 0 Å². The lowest BCUT2D eigenvalue weighted by Crippen LogP contribution is -2.43. The van der Waals surface area contributed by atoms with E-state index in [1.165, 1.54) is 4.31 Å². The SMILES string of the molecule is CNCCCN(C)S(=O)(=O)N1CCCC(C(C)C)CC1. The van der Waals surface area contributed by atoms with E-state index in [0.717, 1.165) is 32.2 Å². The van der Waals surface area contributed by atoms with E-state index in [4.69, 9.17) is 0 Å². The maximum absolute atomic E-state index is 12.5. The van der Waals surface area contributed by atoms with E-state index in [2.05, 4.69) is 19.2 Å². The van der Waals surface area contributed by atoms with Crippen LogP contribution in [0.1, 0.15) is 39.5 Å². The molecule has 1 unspecified atom stereocenters. The molecule has 1 aliphatic heterocycles. The number of rotatable bonds is 7. The van der Waals surface area contributed by atoms with Gasteiger partial charge in [0.15, 0.2) is 0 Å². The average molecular weight is 305 g/mol. The first-order valence-corrected chi connectivity index (χ1v) is 9.15. The van der Waals surface area contributed by atoms with Crippen molar-refractivity contribution in [2.75, 3.05) is 40.3 Å². The molecular weight excluding hydrogens is 274 g/mol. The van der Waals surface area contributed by atoms with Gasteiger partial charge >= 0.3 is 0 Å². The Bertz CT molecular complexity index is 371. The fourth-order valence-corrected chi connectivity index (χ4v) is 4.23. The summed E-state index contributed by atoms with van der Waals surface area (Å²) in [6.07, 6.45) is 3.95. The number of nitrogens with one attached hydrogen (secondary N) is 1. The highest BCUT2D eigenvalue weighted by atomic mass is 32.2. The Labute approximate surface area is 124 Å². The van der Waals surface area contributed by atoms with Crippen molar-refractivity contribution in [2.24, 2.45) is 11.8 Å². The Morgan fingerprint density at radius 1 is 1.30 bits per heavy atom. The van der Waals surface area contributed by atoms with Gasteiger partial charge in [0.05, 0.1) is 0 Å². The molecule has 0 saturated carbocycles. The minimum Gasteiger partial charge on any atom is -0.320 e. The maximum Gasteiger partial charge on any atom is 0.281 e. The predicted molar refractivity (Wildman–Crippen MR) is 83.8 cm³/mol. The zero-order chi connectivity index (χ0) is 15.2. The molecule has 0 aliphatic carbocycles. The molecule has 0 amide bonds. The first kappa shape index (κ1) is 17.9. The van der Waals surface area contributed by atoms with E-state index in [1.54, 1.807) is 11.4 Å². The highest BCUT2D eigenvalue weighted by molar-refractivity contribution is 7.86. The number of hydrogen-bond donors (Lipinski definition) is 1. The van der Waals surface area contributed by atoms with Crippen molar-refractivity contribution >= 4 is 10.2 Å². The Morgan fingerprint density at radius 3 is 2.60 bits per heavy atom. The molecule has 1 aliphatic rings. The van der Waals surface area contributed by atoms with Gasteiger partial charge in [-0.25, -0.2) is 0 Å².